The van der Waals surface area contributed by atoms with E-state index < -0.39 is 13.7 Å². The van der Waals surface area contributed by atoms with Crippen LogP contribution in [0.5, 0.6) is 0 Å². The summed E-state index contributed by atoms with van der Waals surface area (Å²) in [6.07, 6.45) is 1.04. The Balaban J connectivity index is 2.99. The molecule has 0 aliphatic rings. The van der Waals surface area contributed by atoms with Crippen molar-refractivity contribution < 1.29 is 5.11 Å². The molecule has 0 bridgehead atoms. The van der Waals surface area contributed by atoms with Crippen LogP contribution in [0.2, 0.25) is 25.7 Å². The highest BCUT2D eigenvalue weighted by molar-refractivity contribution is 9.09. The minimum Gasteiger partial charge on any atom is -0.385 e. The summed E-state index contributed by atoms with van der Waals surface area (Å²) in [7, 11) is -1.30. The van der Waals surface area contributed by atoms with Crippen LogP contribution in [0, 0.1) is 0 Å². The molecule has 1 atom stereocenters. The summed E-state index contributed by atoms with van der Waals surface area (Å²) in [5.74, 6) is 0. The quantitative estimate of drug-likeness (QED) is 0.639. The van der Waals surface area contributed by atoms with Crippen molar-refractivity contribution in [1.29, 1.82) is 0 Å². The second-order valence-corrected chi connectivity index (χ2v) is 12.0. The van der Waals surface area contributed by atoms with E-state index in [4.69, 9.17) is 0 Å². The third-order valence-corrected chi connectivity index (χ3v) is 5.52. The van der Waals surface area contributed by atoms with Crippen LogP contribution in [0.15, 0.2) is 24.3 Å². The van der Waals surface area contributed by atoms with E-state index in [2.05, 4.69) is 66.8 Å². The molecule has 1 unspecified atom stereocenters. The molecule has 0 aromatic heterocycles. The number of benzene rings is 1. The van der Waals surface area contributed by atoms with Crippen LogP contribution in [0.3, 0.4) is 0 Å². The molecular weight excluding hydrogens is 292 g/mol. The van der Waals surface area contributed by atoms with Crippen molar-refractivity contribution in [1.82, 2.24) is 0 Å². The van der Waals surface area contributed by atoms with Crippen LogP contribution in [0.1, 0.15) is 18.1 Å². The van der Waals surface area contributed by atoms with Gasteiger partial charge in [0.1, 0.15) is 0 Å². The first-order chi connectivity index (χ1) is 7.80. The zero-order valence-electron chi connectivity index (χ0n) is 11.3. The maximum absolute atomic E-state index is 10.8. The molecule has 0 aliphatic carbocycles. The molecule has 0 heterocycles. The predicted octanol–water partition coefficient (Wildman–Crippen LogP) is 4.17. The molecule has 0 aliphatic heterocycles. The zero-order chi connectivity index (χ0) is 13.1. The molecule has 96 valence electrons. The monoisotopic (exact) mass is 314 g/mol. The van der Waals surface area contributed by atoms with Gasteiger partial charge in [0.05, 0.1) is 5.60 Å². The smallest absolute Gasteiger partial charge is 0.0969 e. The van der Waals surface area contributed by atoms with Crippen molar-refractivity contribution in [3.05, 3.63) is 35.4 Å². The molecule has 0 radical (unpaired) electrons. The van der Waals surface area contributed by atoms with E-state index in [0.29, 0.717) is 5.33 Å². The highest BCUT2D eigenvalue weighted by Crippen LogP contribution is 2.33. The van der Waals surface area contributed by atoms with Crippen molar-refractivity contribution in [3.63, 3.8) is 0 Å². The van der Waals surface area contributed by atoms with E-state index in [0.717, 1.165) is 18.0 Å². The van der Waals surface area contributed by atoms with Crippen LogP contribution < -0.4 is 0 Å². The lowest BCUT2D eigenvalue weighted by Crippen LogP contribution is -2.37. The second kappa shape index (κ2) is 5.68. The summed E-state index contributed by atoms with van der Waals surface area (Å²) in [5.41, 5.74) is 1.64. The van der Waals surface area contributed by atoms with Gasteiger partial charge in [-0.2, -0.15) is 0 Å². The third-order valence-electron chi connectivity index (χ3n) is 2.94. The van der Waals surface area contributed by atoms with Crippen molar-refractivity contribution in [3.8, 4) is 0 Å². The molecule has 0 saturated heterocycles. The second-order valence-electron chi connectivity index (χ2n) is 5.95. The largest absolute Gasteiger partial charge is 0.385 e. The molecule has 0 amide bonds. The Morgan fingerprint density at radius 3 is 2.06 bits per heavy atom. The number of aryl methyl sites for hydroxylation is 1. The first-order valence-corrected chi connectivity index (χ1v) is 11.0. The van der Waals surface area contributed by atoms with Gasteiger partial charge in [-0.05, 0) is 23.6 Å². The molecular formula is C14H23BrOSi. The zero-order valence-corrected chi connectivity index (χ0v) is 13.8. The van der Waals surface area contributed by atoms with E-state index in [1.165, 1.54) is 5.56 Å². The molecule has 1 nitrogen and oxygen atoms in total. The molecule has 17 heavy (non-hydrogen) atoms. The topological polar surface area (TPSA) is 20.2 Å². The molecule has 1 rings (SSSR count). The van der Waals surface area contributed by atoms with Gasteiger partial charge < -0.3 is 5.11 Å². The Labute approximate surface area is 114 Å². The van der Waals surface area contributed by atoms with Gasteiger partial charge in [0.15, 0.2) is 0 Å². The number of alkyl halides is 1. The van der Waals surface area contributed by atoms with Crippen LogP contribution >= 0.6 is 15.9 Å². The van der Waals surface area contributed by atoms with Crippen LogP contribution in [-0.2, 0) is 12.0 Å². The average Bonchev–Trinajstić information content (AvgIpc) is 2.27. The SMILES string of the molecule is CCc1ccc(C(O)(CBr)C[Si](C)(C)C)cc1. The van der Waals surface area contributed by atoms with Crippen molar-refractivity contribution in [2.75, 3.05) is 5.33 Å². The number of hydrogen-bond donors (Lipinski definition) is 1. The minimum absolute atomic E-state index is 0.607. The lowest BCUT2D eigenvalue weighted by molar-refractivity contribution is 0.0837. The summed E-state index contributed by atoms with van der Waals surface area (Å²) >= 11 is 3.47. The first kappa shape index (κ1) is 14.9. The van der Waals surface area contributed by atoms with E-state index in [1.54, 1.807) is 0 Å². The Hall–Kier alpha value is -0.123. The average molecular weight is 315 g/mol. The summed E-state index contributed by atoms with van der Waals surface area (Å²) in [5, 5.41) is 11.4. The van der Waals surface area contributed by atoms with Gasteiger partial charge in [0, 0.05) is 13.4 Å². The van der Waals surface area contributed by atoms with Gasteiger partial charge in [-0.15, -0.1) is 0 Å². The van der Waals surface area contributed by atoms with Crippen molar-refractivity contribution >= 4 is 24.0 Å². The number of rotatable bonds is 5. The van der Waals surface area contributed by atoms with Gasteiger partial charge in [0.25, 0.3) is 0 Å². The Morgan fingerprint density at radius 2 is 1.71 bits per heavy atom. The van der Waals surface area contributed by atoms with E-state index in [1.807, 2.05) is 0 Å². The standard InChI is InChI=1S/C14H23BrOSi/c1-5-12-6-8-13(9-7-12)14(16,10-15)11-17(2,3)4/h6-9,16H,5,10-11H2,1-4H3. The van der Waals surface area contributed by atoms with Gasteiger partial charge >= 0.3 is 0 Å². The minimum atomic E-state index is -1.30. The number of hydrogen-bond acceptors (Lipinski definition) is 1. The molecule has 1 aromatic rings. The molecule has 1 N–H and O–H groups in total. The molecule has 0 fully saturated rings. The Morgan fingerprint density at radius 1 is 1.18 bits per heavy atom. The maximum Gasteiger partial charge on any atom is 0.0969 e. The maximum atomic E-state index is 10.8. The molecule has 1 aromatic carbocycles. The molecule has 0 saturated carbocycles. The summed E-state index contributed by atoms with van der Waals surface area (Å²) in [4.78, 5) is 0. The van der Waals surface area contributed by atoms with E-state index in [-0.39, 0.29) is 0 Å². The fourth-order valence-electron chi connectivity index (χ4n) is 2.15. The first-order valence-electron chi connectivity index (χ1n) is 6.18. The van der Waals surface area contributed by atoms with Gasteiger partial charge in [0.2, 0.25) is 0 Å². The summed E-state index contributed by atoms with van der Waals surface area (Å²) in [6.45, 7) is 9.02. The normalized spacial score (nSPS) is 15.6. The van der Waals surface area contributed by atoms with Gasteiger partial charge in [-0.1, -0.05) is 66.8 Å². The van der Waals surface area contributed by atoms with Crippen LogP contribution in [-0.4, -0.2) is 18.5 Å². The molecule has 3 heteroatoms. The van der Waals surface area contributed by atoms with Crippen LogP contribution in [0.4, 0.5) is 0 Å². The number of halogens is 1. The van der Waals surface area contributed by atoms with Crippen molar-refractivity contribution in [2.45, 2.75) is 44.6 Å². The highest BCUT2D eigenvalue weighted by Gasteiger charge is 2.33. The van der Waals surface area contributed by atoms with Gasteiger partial charge in [-0.3, -0.25) is 0 Å². The summed E-state index contributed by atoms with van der Waals surface area (Å²) < 4.78 is 0. The van der Waals surface area contributed by atoms with E-state index >= 15 is 0 Å². The van der Waals surface area contributed by atoms with Crippen molar-refractivity contribution in [2.24, 2.45) is 0 Å². The van der Waals surface area contributed by atoms with E-state index in [9.17, 15) is 5.11 Å². The van der Waals surface area contributed by atoms with Crippen LogP contribution in [0.25, 0.3) is 0 Å². The molecule has 0 spiro atoms. The van der Waals surface area contributed by atoms with Gasteiger partial charge in [-0.25, -0.2) is 0 Å². The lowest BCUT2D eigenvalue weighted by atomic mass is 9.96. The Bertz CT molecular complexity index is 355. The predicted molar refractivity (Wildman–Crippen MR) is 81.7 cm³/mol. The highest BCUT2D eigenvalue weighted by atomic mass is 79.9. The fourth-order valence-corrected chi connectivity index (χ4v) is 5.13. The number of aliphatic hydroxyl groups is 1. The summed E-state index contributed by atoms with van der Waals surface area (Å²) in [6, 6.07) is 9.26. The lowest BCUT2D eigenvalue weighted by Gasteiger charge is -2.32. The third kappa shape index (κ3) is 4.23. The fraction of sp³-hybridized carbons (Fsp3) is 0.571. The Kier molecular flexibility index (Phi) is 4.99.